The summed E-state index contributed by atoms with van der Waals surface area (Å²) in [7, 11) is 0. The van der Waals surface area contributed by atoms with E-state index >= 15 is 0 Å². The zero-order valence-corrected chi connectivity index (χ0v) is 11.2. The molecule has 19 heavy (non-hydrogen) atoms. The average molecular weight is 291 g/mol. The third-order valence-electron chi connectivity index (χ3n) is 2.88. The normalized spacial score (nSPS) is 10.8. The first-order valence-electron chi connectivity index (χ1n) is 5.61. The van der Waals surface area contributed by atoms with Gasteiger partial charge in [0.25, 0.3) is 0 Å². The van der Waals surface area contributed by atoms with Crippen LogP contribution in [-0.4, -0.2) is 6.29 Å². The van der Waals surface area contributed by atoms with Crippen LogP contribution in [0.5, 0.6) is 0 Å². The van der Waals surface area contributed by atoms with E-state index in [0.29, 0.717) is 26.9 Å². The summed E-state index contributed by atoms with van der Waals surface area (Å²) in [6.45, 7) is 0. The standard InChI is InChI=1S/C15H8Cl2O2/c16-11-1-3-13(10(6-11)8-18)15-7-9-5-12(17)2-4-14(9)19-15/h1-8H. The van der Waals surface area contributed by atoms with Gasteiger partial charge in [0.15, 0.2) is 6.29 Å². The highest BCUT2D eigenvalue weighted by Crippen LogP contribution is 2.32. The summed E-state index contributed by atoms with van der Waals surface area (Å²) in [4.78, 5) is 11.1. The van der Waals surface area contributed by atoms with Crippen molar-refractivity contribution < 1.29 is 9.21 Å². The Morgan fingerprint density at radius 1 is 0.947 bits per heavy atom. The third-order valence-corrected chi connectivity index (χ3v) is 3.35. The molecule has 0 aliphatic carbocycles. The van der Waals surface area contributed by atoms with E-state index in [1.807, 2.05) is 12.1 Å². The first-order valence-corrected chi connectivity index (χ1v) is 6.37. The highest BCUT2D eigenvalue weighted by atomic mass is 35.5. The number of furan rings is 1. The largest absolute Gasteiger partial charge is 0.456 e. The average Bonchev–Trinajstić information content (AvgIpc) is 2.81. The van der Waals surface area contributed by atoms with Crippen molar-refractivity contribution in [2.24, 2.45) is 0 Å². The molecule has 2 nitrogen and oxygen atoms in total. The Morgan fingerprint density at radius 3 is 2.47 bits per heavy atom. The van der Waals surface area contributed by atoms with Crippen molar-refractivity contribution >= 4 is 40.5 Å². The van der Waals surface area contributed by atoms with Crippen molar-refractivity contribution in [3.63, 3.8) is 0 Å². The molecule has 0 amide bonds. The second-order valence-corrected chi connectivity index (χ2v) is 5.02. The van der Waals surface area contributed by atoms with Crippen LogP contribution in [0.1, 0.15) is 10.4 Å². The van der Waals surface area contributed by atoms with Gasteiger partial charge in [-0.1, -0.05) is 23.2 Å². The molecular weight excluding hydrogens is 283 g/mol. The lowest BCUT2D eigenvalue weighted by Gasteiger charge is -2.01. The number of aldehydes is 1. The van der Waals surface area contributed by atoms with Crippen LogP contribution in [0.2, 0.25) is 10.0 Å². The molecule has 3 rings (SSSR count). The van der Waals surface area contributed by atoms with E-state index in [0.717, 1.165) is 17.3 Å². The maximum absolute atomic E-state index is 11.1. The van der Waals surface area contributed by atoms with Gasteiger partial charge in [0.05, 0.1) is 0 Å². The minimum atomic E-state index is 0.498. The van der Waals surface area contributed by atoms with Gasteiger partial charge >= 0.3 is 0 Å². The highest BCUT2D eigenvalue weighted by molar-refractivity contribution is 6.31. The van der Waals surface area contributed by atoms with E-state index < -0.39 is 0 Å². The summed E-state index contributed by atoms with van der Waals surface area (Å²) >= 11 is 11.8. The fourth-order valence-electron chi connectivity index (χ4n) is 2.00. The van der Waals surface area contributed by atoms with Crippen LogP contribution in [0.15, 0.2) is 46.9 Å². The smallest absolute Gasteiger partial charge is 0.150 e. The summed E-state index contributed by atoms with van der Waals surface area (Å²) in [5.74, 6) is 0.621. The van der Waals surface area contributed by atoms with Crippen LogP contribution < -0.4 is 0 Å². The van der Waals surface area contributed by atoms with Crippen molar-refractivity contribution in [3.05, 3.63) is 58.1 Å². The monoisotopic (exact) mass is 290 g/mol. The van der Waals surface area contributed by atoms with Crippen LogP contribution in [0.4, 0.5) is 0 Å². The van der Waals surface area contributed by atoms with Crippen molar-refractivity contribution in [2.45, 2.75) is 0 Å². The van der Waals surface area contributed by atoms with Gasteiger partial charge in [-0.2, -0.15) is 0 Å². The molecule has 0 N–H and O–H groups in total. The van der Waals surface area contributed by atoms with Crippen LogP contribution >= 0.6 is 23.2 Å². The second-order valence-electron chi connectivity index (χ2n) is 4.14. The van der Waals surface area contributed by atoms with Crippen molar-refractivity contribution in [3.8, 4) is 11.3 Å². The number of rotatable bonds is 2. The fourth-order valence-corrected chi connectivity index (χ4v) is 2.36. The van der Waals surface area contributed by atoms with Crippen molar-refractivity contribution in [1.82, 2.24) is 0 Å². The maximum Gasteiger partial charge on any atom is 0.150 e. The maximum atomic E-state index is 11.1. The summed E-state index contributed by atoms with van der Waals surface area (Å²) < 4.78 is 5.73. The lowest BCUT2D eigenvalue weighted by molar-refractivity contribution is 0.112. The Kier molecular flexibility index (Phi) is 3.05. The molecule has 94 valence electrons. The van der Waals surface area contributed by atoms with Crippen molar-refractivity contribution in [2.75, 3.05) is 0 Å². The van der Waals surface area contributed by atoms with E-state index in [1.165, 1.54) is 0 Å². The van der Waals surface area contributed by atoms with Crippen LogP contribution in [-0.2, 0) is 0 Å². The molecule has 0 radical (unpaired) electrons. The molecule has 0 fully saturated rings. The van der Waals surface area contributed by atoms with E-state index in [2.05, 4.69) is 0 Å². The van der Waals surface area contributed by atoms with Gasteiger partial charge in [-0.05, 0) is 42.5 Å². The number of hydrogen-bond acceptors (Lipinski definition) is 2. The Bertz CT molecular complexity index is 775. The molecule has 0 aliphatic rings. The zero-order chi connectivity index (χ0) is 13.4. The Labute approximate surface area is 119 Å². The van der Waals surface area contributed by atoms with Crippen LogP contribution in [0.25, 0.3) is 22.3 Å². The SMILES string of the molecule is O=Cc1cc(Cl)ccc1-c1cc2cc(Cl)ccc2o1. The molecule has 2 aromatic carbocycles. The number of halogens is 2. The van der Waals surface area contributed by atoms with E-state index in [-0.39, 0.29) is 0 Å². The Hall–Kier alpha value is -1.77. The number of hydrogen-bond donors (Lipinski definition) is 0. The quantitative estimate of drug-likeness (QED) is 0.606. The van der Waals surface area contributed by atoms with Gasteiger partial charge in [-0.15, -0.1) is 0 Å². The molecule has 3 aromatic rings. The topological polar surface area (TPSA) is 30.2 Å². The number of benzene rings is 2. The molecule has 0 saturated carbocycles. The van der Waals surface area contributed by atoms with Gasteiger partial charge in [-0.3, -0.25) is 4.79 Å². The van der Waals surface area contributed by atoms with Gasteiger partial charge in [0, 0.05) is 26.6 Å². The molecule has 0 aliphatic heterocycles. The minimum absolute atomic E-state index is 0.498. The van der Waals surface area contributed by atoms with Crippen LogP contribution in [0.3, 0.4) is 0 Å². The molecule has 0 atom stereocenters. The molecule has 4 heteroatoms. The van der Waals surface area contributed by atoms with Gasteiger partial charge in [-0.25, -0.2) is 0 Å². The summed E-state index contributed by atoms with van der Waals surface area (Å²) in [5.41, 5.74) is 1.94. The van der Waals surface area contributed by atoms with Crippen LogP contribution in [0, 0.1) is 0 Å². The van der Waals surface area contributed by atoms with E-state index in [4.69, 9.17) is 27.6 Å². The number of fused-ring (bicyclic) bond motifs is 1. The van der Waals surface area contributed by atoms with E-state index in [9.17, 15) is 4.79 Å². The van der Waals surface area contributed by atoms with Gasteiger partial charge < -0.3 is 4.42 Å². The summed E-state index contributed by atoms with van der Waals surface area (Å²) in [5, 5.41) is 2.06. The lowest BCUT2D eigenvalue weighted by Crippen LogP contribution is -1.85. The number of carbonyl (C=O) groups is 1. The Morgan fingerprint density at radius 2 is 1.68 bits per heavy atom. The third kappa shape index (κ3) is 2.25. The van der Waals surface area contributed by atoms with E-state index in [1.54, 1.807) is 30.3 Å². The fraction of sp³-hybridized carbons (Fsp3) is 0. The predicted octanol–water partition coefficient (Wildman–Crippen LogP) is 5.22. The lowest BCUT2D eigenvalue weighted by atomic mass is 10.1. The number of carbonyl (C=O) groups excluding carboxylic acids is 1. The van der Waals surface area contributed by atoms with Gasteiger partial charge in [0.2, 0.25) is 0 Å². The predicted molar refractivity (Wildman–Crippen MR) is 77.1 cm³/mol. The molecule has 1 aromatic heterocycles. The zero-order valence-electron chi connectivity index (χ0n) is 9.69. The first-order chi connectivity index (χ1) is 9.17. The molecule has 0 saturated heterocycles. The van der Waals surface area contributed by atoms with Gasteiger partial charge in [0.1, 0.15) is 11.3 Å². The molecule has 0 bridgehead atoms. The minimum Gasteiger partial charge on any atom is -0.456 e. The summed E-state index contributed by atoms with van der Waals surface area (Å²) in [6, 6.07) is 12.4. The molecular formula is C15H8Cl2O2. The second kappa shape index (κ2) is 4.72. The van der Waals surface area contributed by atoms with Crippen molar-refractivity contribution in [1.29, 1.82) is 0 Å². The molecule has 0 spiro atoms. The molecule has 1 heterocycles. The Balaban J connectivity index is 2.21. The summed E-state index contributed by atoms with van der Waals surface area (Å²) in [6.07, 6.45) is 0.765. The molecule has 0 unspecified atom stereocenters. The first kappa shape index (κ1) is 12.3. The highest BCUT2D eigenvalue weighted by Gasteiger charge is 2.11.